The van der Waals surface area contributed by atoms with Crippen molar-refractivity contribution in [1.82, 2.24) is 15.5 Å². The summed E-state index contributed by atoms with van der Waals surface area (Å²) in [5.74, 6) is 2.16. The van der Waals surface area contributed by atoms with E-state index in [9.17, 15) is 4.79 Å². The molecule has 130 valence electrons. The highest BCUT2D eigenvalue weighted by Gasteiger charge is 2.21. The topological polar surface area (TPSA) is 77.2 Å². The number of ether oxygens (including phenoxy) is 1. The van der Waals surface area contributed by atoms with Crippen molar-refractivity contribution in [2.24, 2.45) is 5.92 Å². The molecule has 0 saturated heterocycles. The molecule has 24 heavy (non-hydrogen) atoms. The fraction of sp³-hybridized carbons (Fsp3) is 0.500. The minimum Gasteiger partial charge on any atom is -0.494 e. The number of amides is 1. The molecule has 1 unspecified atom stereocenters. The molecular formula is C18H25N3O3. The summed E-state index contributed by atoms with van der Waals surface area (Å²) < 4.78 is 11.1. The number of para-hydroxylation sites is 1. The van der Waals surface area contributed by atoms with E-state index in [1.54, 1.807) is 6.92 Å². The number of rotatable bonds is 9. The lowest BCUT2D eigenvalue weighted by Gasteiger charge is -2.17. The molecule has 6 heteroatoms. The number of aromatic nitrogens is 2. The molecule has 0 aliphatic carbocycles. The minimum absolute atomic E-state index is 0.0341. The molecule has 0 spiro atoms. The third-order valence-electron chi connectivity index (χ3n) is 3.44. The van der Waals surface area contributed by atoms with Crippen LogP contribution in [0.3, 0.4) is 0 Å². The van der Waals surface area contributed by atoms with Crippen LogP contribution < -0.4 is 10.1 Å². The largest absolute Gasteiger partial charge is 0.494 e. The Balaban J connectivity index is 1.77. The first-order valence-corrected chi connectivity index (χ1v) is 8.32. The molecule has 1 heterocycles. The number of hydrogen-bond donors (Lipinski definition) is 1. The van der Waals surface area contributed by atoms with Gasteiger partial charge in [-0.25, -0.2) is 0 Å². The van der Waals surface area contributed by atoms with Gasteiger partial charge in [-0.1, -0.05) is 32.0 Å². The summed E-state index contributed by atoms with van der Waals surface area (Å²) in [4.78, 5) is 12.2. The molecule has 1 aromatic heterocycles. The van der Waals surface area contributed by atoms with E-state index in [1.165, 1.54) is 0 Å². The van der Waals surface area contributed by atoms with Crippen LogP contribution in [0.5, 0.6) is 5.75 Å². The fourth-order valence-corrected chi connectivity index (χ4v) is 2.35. The second-order valence-electron chi connectivity index (χ2n) is 6.17. The van der Waals surface area contributed by atoms with E-state index in [4.69, 9.17) is 9.15 Å². The number of nitrogens with one attached hydrogen (secondary N) is 1. The Kier molecular flexibility index (Phi) is 6.78. The number of aryl methyl sites for hydroxylation is 1. The number of benzene rings is 1. The maximum atomic E-state index is 12.2. The Hall–Kier alpha value is -2.37. The van der Waals surface area contributed by atoms with Crippen LogP contribution in [0.4, 0.5) is 0 Å². The fourth-order valence-electron chi connectivity index (χ4n) is 2.35. The highest BCUT2D eigenvalue weighted by Crippen LogP contribution is 2.20. The van der Waals surface area contributed by atoms with Gasteiger partial charge >= 0.3 is 0 Å². The summed E-state index contributed by atoms with van der Waals surface area (Å²) in [5, 5.41) is 10.9. The standard InChI is InChI=1S/C18H25N3O3/c1-13(2)12-16(18-21-20-14(3)24-18)19-17(22)10-7-11-23-15-8-5-4-6-9-15/h4-6,8-9,13,16H,7,10-12H2,1-3H3,(H,19,22). The van der Waals surface area contributed by atoms with Gasteiger partial charge in [-0.2, -0.15) is 0 Å². The van der Waals surface area contributed by atoms with Gasteiger partial charge in [-0.15, -0.1) is 10.2 Å². The predicted octanol–water partition coefficient (Wildman–Crippen LogP) is 3.44. The van der Waals surface area contributed by atoms with E-state index >= 15 is 0 Å². The molecule has 2 aromatic rings. The lowest BCUT2D eigenvalue weighted by Crippen LogP contribution is -2.29. The van der Waals surface area contributed by atoms with Gasteiger partial charge in [0.2, 0.25) is 17.7 Å². The second-order valence-corrected chi connectivity index (χ2v) is 6.17. The van der Waals surface area contributed by atoms with Crippen molar-refractivity contribution in [3.05, 3.63) is 42.1 Å². The third-order valence-corrected chi connectivity index (χ3v) is 3.44. The van der Waals surface area contributed by atoms with Crippen LogP contribution >= 0.6 is 0 Å². The summed E-state index contributed by atoms with van der Waals surface area (Å²) >= 11 is 0. The minimum atomic E-state index is -0.242. The first-order valence-electron chi connectivity index (χ1n) is 8.32. The average Bonchev–Trinajstić information content (AvgIpc) is 2.98. The monoisotopic (exact) mass is 331 g/mol. The number of hydrogen-bond acceptors (Lipinski definition) is 5. The van der Waals surface area contributed by atoms with E-state index in [0.29, 0.717) is 37.1 Å². The number of nitrogens with zero attached hydrogens (tertiary/aromatic N) is 2. The molecule has 1 atom stereocenters. The van der Waals surface area contributed by atoms with Gasteiger partial charge in [0, 0.05) is 13.3 Å². The summed E-state index contributed by atoms with van der Waals surface area (Å²) in [6, 6.07) is 9.34. The van der Waals surface area contributed by atoms with E-state index in [0.717, 1.165) is 12.2 Å². The van der Waals surface area contributed by atoms with E-state index in [1.807, 2.05) is 30.3 Å². The van der Waals surface area contributed by atoms with Gasteiger partial charge in [0.1, 0.15) is 11.8 Å². The maximum absolute atomic E-state index is 12.2. The van der Waals surface area contributed by atoms with Crippen molar-refractivity contribution in [2.45, 2.75) is 46.1 Å². The molecule has 1 N–H and O–H groups in total. The summed E-state index contributed by atoms with van der Waals surface area (Å²) in [6.45, 7) is 6.43. The molecule has 2 rings (SSSR count). The van der Waals surface area contributed by atoms with Crippen LogP contribution in [0.2, 0.25) is 0 Å². The number of carbonyl (C=O) groups is 1. The van der Waals surface area contributed by atoms with Gasteiger partial charge in [-0.05, 0) is 30.9 Å². The van der Waals surface area contributed by atoms with Crippen LogP contribution in [-0.4, -0.2) is 22.7 Å². The Morgan fingerprint density at radius 1 is 1.25 bits per heavy atom. The van der Waals surface area contributed by atoms with Crippen molar-refractivity contribution in [2.75, 3.05) is 6.61 Å². The zero-order valence-corrected chi connectivity index (χ0v) is 14.5. The van der Waals surface area contributed by atoms with E-state index in [-0.39, 0.29) is 11.9 Å². The van der Waals surface area contributed by atoms with Crippen LogP contribution in [0.15, 0.2) is 34.7 Å². The van der Waals surface area contributed by atoms with Gasteiger partial charge in [-0.3, -0.25) is 4.79 Å². The molecular weight excluding hydrogens is 306 g/mol. The molecule has 1 amide bonds. The molecule has 0 fully saturated rings. The van der Waals surface area contributed by atoms with Gasteiger partial charge in [0.15, 0.2) is 0 Å². The quantitative estimate of drug-likeness (QED) is 0.712. The van der Waals surface area contributed by atoms with E-state index in [2.05, 4.69) is 29.4 Å². The molecule has 1 aromatic carbocycles. The predicted molar refractivity (Wildman–Crippen MR) is 90.5 cm³/mol. The van der Waals surface area contributed by atoms with Crippen LogP contribution in [-0.2, 0) is 4.79 Å². The Labute approximate surface area is 142 Å². The lowest BCUT2D eigenvalue weighted by atomic mass is 10.0. The van der Waals surface area contributed by atoms with Crippen molar-refractivity contribution in [1.29, 1.82) is 0 Å². The van der Waals surface area contributed by atoms with Crippen molar-refractivity contribution < 1.29 is 13.9 Å². The van der Waals surface area contributed by atoms with Gasteiger partial charge in [0.05, 0.1) is 6.61 Å². The molecule has 0 radical (unpaired) electrons. The Morgan fingerprint density at radius 3 is 2.62 bits per heavy atom. The molecule has 6 nitrogen and oxygen atoms in total. The SMILES string of the molecule is Cc1nnc(C(CC(C)C)NC(=O)CCCOc2ccccc2)o1. The highest BCUT2D eigenvalue weighted by molar-refractivity contribution is 5.76. The first-order chi connectivity index (χ1) is 11.5. The summed E-state index contributed by atoms with van der Waals surface area (Å²) in [7, 11) is 0. The zero-order valence-electron chi connectivity index (χ0n) is 14.5. The normalized spacial score (nSPS) is 12.2. The Morgan fingerprint density at radius 2 is 2.00 bits per heavy atom. The lowest BCUT2D eigenvalue weighted by molar-refractivity contribution is -0.122. The van der Waals surface area contributed by atoms with Crippen molar-refractivity contribution >= 4 is 5.91 Å². The van der Waals surface area contributed by atoms with Gasteiger partial charge in [0.25, 0.3) is 0 Å². The number of carbonyl (C=O) groups excluding carboxylic acids is 1. The Bertz CT molecular complexity index is 625. The maximum Gasteiger partial charge on any atom is 0.238 e. The molecule has 0 saturated carbocycles. The van der Waals surface area contributed by atoms with Crippen LogP contribution in [0.1, 0.15) is 50.9 Å². The smallest absolute Gasteiger partial charge is 0.238 e. The van der Waals surface area contributed by atoms with Crippen molar-refractivity contribution in [3.8, 4) is 5.75 Å². The van der Waals surface area contributed by atoms with Gasteiger partial charge < -0.3 is 14.5 Å². The van der Waals surface area contributed by atoms with E-state index < -0.39 is 0 Å². The average molecular weight is 331 g/mol. The van der Waals surface area contributed by atoms with Crippen LogP contribution in [0, 0.1) is 12.8 Å². The molecule has 0 aliphatic rings. The molecule has 0 bridgehead atoms. The van der Waals surface area contributed by atoms with Crippen LogP contribution in [0.25, 0.3) is 0 Å². The zero-order chi connectivity index (χ0) is 17.4. The first kappa shape index (κ1) is 18.0. The third kappa shape index (κ3) is 6.02. The highest BCUT2D eigenvalue weighted by atomic mass is 16.5. The summed E-state index contributed by atoms with van der Waals surface area (Å²) in [6.07, 6.45) is 1.81. The second kappa shape index (κ2) is 9.05. The summed E-state index contributed by atoms with van der Waals surface area (Å²) in [5.41, 5.74) is 0. The molecule has 0 aliphatic heterocycles. The van der Waals surface area contributed by atoms with Crippen molar-refractivity contribution in [3.63, 3.8) is 0 Å².